The molecule has 13 heteroatoms. The molecule has 0 amide bonds. The molecule has 6 bridgehead atoms. The molecule has 6 atom stereocenters. The van der Waals surface area contributed by atoms with Crippen molar-refractivity contribution >= 4 is 0 Å². The number of aliphatic hydroxyl groups is 3. The van der Waals surface area contributed by atoms with E-state index in [1.54, 1.807) is 12.4 Å². The van der Waals surface area contributed by atoms with Gasteiger partial charge >= 0.3 is 29.6 Å². The number of epoxide rings is 1. The Balaban J connectivity index is 0.000000132. The fraction of sp³-hybridized carbons (Fsp3) is 0.737. The van der Waals surface area contributed by atoms with E-state index in [2.05, 4.69) is 35.7 Å². The zero-order chi connectivity index (χ0) is 47.1. The number of piperidine rings is 9. The van der Waals surface area contributed by atoms with Crippen molar-refractivity contribution in [3.8, 4) is 0 Å². The van der Waals surface area contributed by atoms with Crippen molar-refractivity contribution in [3.63, 3.8) is 0 Å². The van der Waals surface area contributed by atoms with Crippen LogP contribution in [-0.4, -0.2) is 142 Å². The van der Waals surface area contributed by atoms with Gasteiger partial charge in [0.1, 0.15) is 16.8 Å². The Kier molecular flexibility index (Phi) is 18.6. The molecule has 3 aromatic heterocycles. The van der Waals surface area contributed by atoms with Gasteiger partial charge in [-0.15, -0.1) is 0 Å². The molecule has 16 rings (SSSR count). The van der Waals surface area contributed by atoms with E-state index in [1.165, 1.54) is 135 Å². The molecule has 10 aliphatic heterocycles. The van der Waals surface area contributed by atoms with E-state index in [9.17, 15) is 15.3 Å². The van der Waals surface area contributed by atoms with Gasteiger partial charge in [0.15, 0.2) is 0 Å². The van der Waals surface area contributed by atoms with Gasteiger partial charge < -0.3 is 45.7 Å². The SMILES string of the molecule is OC1CN2CCC1CC2.O[C@@](COC1CN2CCC1CC2)(c1cccnc1)C1CCCC1.O[C@](COC1CN2CCC1CC2)(c1cccnc1)C1CCCC1.[H-].[Na+].c1cncc(C2(C3CCCC3)CO2)c1. The van der Waals surface area contributed by atoms with E-state index in [-0.39, 0.29) is 42.7 Å². The second-order valence-corrected chi connectivity index (χ2v) is 22.9. The molecule has 380 valence electrons. The molecule has 4 unspecified atom stereocenters. The Hall–Kier alpha value is -1.91. The summed E-state index contributed by atoms with van der Waals surface area (Å²) in [7, 11) is 0. The van der Waals surface area contributed by atoms with Crippen LogP contribution in [0.15, 0.2) is 73.6 Å². The van der Waals surface area contributed by atoms with Gasteiger partial charge in [-0.1, -0.05) is 56.7 Å². The number of aliphatic hydroxyl groups excluding tert-OH is 1. The molecule has 13 aliphatic rings. The van der Waals surface area contributed by atoms with Crippen molar-refractivity contribution in [1.82, 2.24) is 29.7 Å². The third-order valence-electron chi connectivity index (χ3n) is 18.9. The predicted molar refractivity (Wildman–Crippen MR) is 268 cm³/mol. The largest absolute Gasteiger partial charge is 1.00 e. The minimum absolute atomic E-state index is 0. The van der Waals surface area contributed by atoms with Gasteiger partial charge in [-0.25, -0.2) is 0 Å². The van der Waals surface area contributed by atoms with Gasteiger partial charge in [0.2, 0.25) is 0 Å². The summed E-state index contributed by atoms with van der Waals surface area (Å²) in [6, 6.07) is 12.0. The van der Waals surface area contributed by atoms with Gasteiger partial charge in [0, 0.05) is 73.5 Å². The van der Waals surface area contributed by atoms with Crippen LogP contribution in [0.5, 0.6) is 0 Å². The van der Waals surface area contributed by atoms with Gasteiger partial charge in [0.25, 0.3) is 0 Å². The van der Waals surface area contributed by atoms with Crippen molar-refractivity contribution in [2.75, 3.05) is 78.7 Å². The van der Waals surface area contributed by atoms with Crippen molar-refractivity contribution in [3.05, 3.63) is 90.3 Å². The van der Waals surface area contributed by atoms with E-state index >= 15 is 0 Å². The zero-order valence-corrected chi connectivity index (χ0v) is 44.6. The molecular weight excluding hydrogens is 888 g/mol. The first-order valence-corrected chi connectivity index (χ1v) is 27.7. The molecule has 0 radical (unpaired) electrons. The molecule has 0 spiro atoms. The summed E-state index contributed by atoms with van der Waals surface area (Å²) in [6.07, 6.45) is 33.6. The molecule has 3 aliphatic carbocycles. The van der Waals surface area contributed by atoms with Crippen LogP contribution >= 0.6 is 0 Å². The average Bonchev–Trinajstić information content (AvgIpc) is 3.91. The predicted octanol–water partition coefficient (Wildman–Crippen LogP) is 4.83. The Bertz CT molecular complexity index is 1900. The van der Waals surface area contributed by atoms with E-state index in [0.29, 0.717) is 55.0 Å². The van der Waals surface area contributed by atoms with Gasteiger partial charge in [-0.3, -0.25) is 15.0 Å². The first-order chi connectivity index (χ1) is 33.8. The van der Waals surface area contributed by atoms with Crippen LogP contribution in [-0.2, 0) is 31.0 Å². The van der Waals surface area contributed by atoms with E-state index in [1.807, 2.05) is 55.1 Å². The number of hydrogen-bond donors (Lipinski definition) is 3. The summed E-state index contributed by atoms with van der Waals surface area (Å²) < 4.78 is 18.4. The third-order valence-corrected chi connectivity index (χ3v) is 18.9. The summed E-state index contributed by atoms with van der Waals surface area (Å²) in [5, 5.41) is 32.4. The van der Waals surface area contributed by atoms with Gasteiger partial charge in [-0.05, 0) is 170 Å². The fourth-order valence-electron chi connectivity index (χ4n) is 14.2. The molecule has 13 fully saturated rings. The minimum Gasteiger partial charge on any atom is -1.00 e. The third kappa shape index (κ3) is 12.4. The molecule has 12 nitrogen and oxygen atoms in total. The van der Waals surface area contributed by atoms with Crippen LogP contribution in [0.4, 0.5) is 0 Å². The Morgan fingerprint density at radius 1 is 0.557 bits per heavy atom. The van der Waals surface area contributed by atoms with E-state index in [4.69, 9.17) is 14.2 Å². The topological polar surface area (TPSA) is 140 Å². The van der Waals surface area contributed by atoms with Crippen LogP contribution in [0.2, 0.25) is 0 Å². The second kappa shape index (κ2) is 24.6. The monoisotopic (exact) mass is 973 g/mol. The Morgan fingerprint density at radius 2 is 0.957 bits per heavy atom. The molecule has 70 heavy (non-hydrogen) atoms. The maximum atomic E-state index is 11.5. The Morgan fingerprint density at radius 3 is 1.27 bits per heavy atom. The van der Waals surface area contributed by atoms with Crippen LogP contribution < -0.4 is 29.6 Å². The molecule has 3 N–H and O–H groups in total. The number of fused-ring (bicyclic) bond motifs is 9. The van der Waals surface area contributed by atoms with E-state index < -0.39 is 11.2 Å². The molecule has 13 heterocycles. The molecule has 3 aromatic rings. The average molecular weight is 973 g/mol. The number of aromatic nitrogens is 3. The smallest absolute Gasteiger partial charge is 1.00 e. The van der Waals surface area contributed by atoms with Crippen molar-refractivity contribution < 1.29 is 60.5 Å². The maximum absolute atomic E-state index is 11.5. The standard InChI is InChI=1S/2C19H28N2O2.C12H15NO.C7H13NO.Na.H/c2*22-19(16-4-1-2-5-16,17-6-3-9-20-12-17)14-23-18-13-21-10-7-15(18)8-11-21;1-2-5-10(4-1)12(9-14-12)11-6-3-7-13-8-11;9-7-5-8-3-1-6(7)2-4-8;;/h2*3,6,9,12,15-16,18,22H,1-2,4-5,7-8,10-11,13-14H2;3,6-8,10H,1-2,4-5,9H2;6-7,9H,1-5H2;;/q;;;;+1;-1/t2*18?,19-;;;;/m10..../s1. The van der Waals surface area contributed by atoms with Crippen LogP contribution in [0, 0.1) is 35.5 Å². The number of nitrogens with zero attached hydrogens (tertiary/aromatic N) is 6. The summed E-state index contributed by atoms with van der Waals surface area (Å²) in [5.74, 6) is 3.34. The second-order valence-electron chi connectivity index (χ2n) is 22.9. The quantitative estimate of drug-likeness (QED) is 0.169. The van der Waals surface area contributed by atoms with E-state index in [0.717, 1.165) is 69.0 Å². The first kappa shape index (κ1) is 52.9. The Labute approximate surface area is 442 Å². The normalized spacial score (nSPS) is 34.9. The molecule has 3 saturated carbocycles. The number of rotatable bonds is 12. The maximum Gasteiger partial charge on any atom is 1.00 e. The van der Waals surface area contributed by atoms with Crippen molar-refractivity contribution in [1.29, 1.82) is 0 Å². The molecule has 10 saturated heterocycles. The van der Waals surface area contributed by atoms with Crippen molar-refractivity contribution in [2.45, 2.75) is 151 Å². The number of pyridine rings is 3. The molecule has 0 aromatic carbocycles. The summed E-state index contributed by atoms with van der Waals surface area (Å²) in [5.41, 5.74) is 1.44. The van der Waals surface area contributed by atoms with Crippen molar-refractivity contribution in [2.24, 2.45) is 35.5 Å². The number of hydrogen-bond acceptors (Lipinski definition) is 12. The number of ether oxygens (including phenoxy) is 3. The summed E-state index contributed by atoms with van der Waals surface area (Å²) in [4.78, 5) is 20.0. The minimum atomic E-state index is -0.878. The van der Waals surface area contributed by atoms with Gasteiger partial charge in [-0.2, -0.15) is 0 Å². The summed E-state index contributed by atoms with van der Waals surface area (Å²) >= 11 is 0. The van der Waals surface area contributed by atoms with Crippen LogP contribution in [0.1, 0.15) is 134 Å². The summed E-state index contributed by atoms with van der Waals surface area (Å²) in [6.45, 7) is 12.1. The van der Waals surface area contributed by atoms with Gasteiger partial charge in [0.05, 0.1) is 38.1 Å². The first-order valence-electron chi connectivity index (χ1n) is 27.7. The fourth-order valence-corrected chi connectivity index (χ4v) is 14.2. The van der Waals surface area contributed by atoms with Crippen LogP contribution in [0.25, 0.3) is 0 Å². The zero-order valence-electron chi connectivity index (χ0n) is 43.6. The van der Waals surface area contributed by atoms with Crippen LogP contribution in [0.3, 0.4) is 0 Å². The molecular formula is C57H85N6NaO6.